The molecule has 0 aliphatic carbocycles. The number of amides is 2. The zero-order valence-corrected chi connectivity index (χ0v) is 17.6. The molecule has 0 saturated heterocycles. The van der Waals surface area contributed by atoms with Gasteiger partial charge in [-0.25, -0.2) is 0 Å². The van der Waals surface area contributed by atoms with Gasteiger partial charge >= 0.3 is 0 Å². The maximum absolute atomic E-state index is 12.4. The highest BCUT2D eigenvalue weighted by Gasteiger charge is 2.08. The molecule has 2 amide bonds. The Morgan fingerprint density at radius 1 is 0.871 bits per heavy atom. The fourth-order valence-electron chi connectivity index (χ4n) is 3.06. The van der Waals surface area contributed by atoms with Crippen molar-refractivity contribution in [1.29, 1.82) is 0 Å². The molecular weight excluding hydrogens is 390 g/mol. The molecule has 0 aromatic heterocycles. The molecule has 0 bridgehead atoms. The molecule has 3 rings (SSSR count). The number of hydrogen-bond donors (Lipinski definition) is 3. The van der Waals surface area contributed by atoms with Crippen LogP contribution < -0.4 is 20.7 Å². The Morgan fingerprint density at radius 2 is 1.58 bits per heavy atom. The highest BCUT2D eigenvalue weighted by molar-refractivity contribution is 5.96. The molecule has 0 atom stereocenters. The van der Waals surface area contributed by atoms with E-state index in [4.69, 9.17) is 4.74 Å². The van der Waals surface area contributed by atoms with Crippen molar-refractivity contribution in [2.24, 2.45) is 0 Å². The van der Waals surface area contributed by atoms with E-state index in [9.17, 15) is 9.59 Å². The Hall–Kier alpha value is -3.80. The molecule has 0 fully saturated rings. The summed E-state index contributed by atoms with van der Waals surface area (Å²) in [5.74, 6) is 0.319. The summed E-state index contributed by atoms with van der Waals surface area (Å²) in [5, 5.41) is 8.52. The van der Waals surface area contributed by atoms with Gasteiger partial charge in [-0.1, -0.05) is 42.5 Å². The van der Waals surface area contributed by atoms with E-state index in [0.717, 1.165) is 18.5 Å². The Labute approximate surface area is 182 Å². The minimum atomic E-state index is -0.185. The summed E-state index contributed by atoms with van der Waals surface area (Å²) in [5.41, 5.74) is 3.25. The molecule has 3 aromatic rings. The average Bonchev–Trinajstić information content (AvgIpc) is 2.82. The monoisotopic (exact) mass is 417 g/mol. The lowest BCUT2D eigenvalue weighted by Crippen LogP contribution is -2.22. The molecule has 0 radical (unpaired) electrons. The lowest BCUT2D eigenvalue weighted by Gasteiger charge is -2.13. The number of benzene rings is 3. The highest BCUT2D eigenvalue weighted by atomic mass is 16.5. The third-order valence-corrected chi connectivity index (χ3v) is 4.70. The summed E-state index contributed by atoms with van der Waals surface area (Å²) in [6, 6.07) is 24.6. The number of hydrogen-bond acceptors (Lipinski definition) is 4. The predicted molar refractivity (Wildman–Crippen MR) is 124 cm³/mol. The first-order valence-electron chi connectivity index (χ1n) is 10.3. The van der Waals surface area contributed by atoms with Gasteiger partial charge < -0.3 is 20.7 Å². The smallest absolute Gasteiger partial charge is 0.251 e. The summed E-state index contributed by atoms with van der Waals surface area (Å²) in [6.45, 7) is 0.666. The van der Waals surface area contributed by atoms with E-state index in [1.54, 1.807) is 31.3 Å². The number of ether oxygens (including phenoxy) is 1. The van der Waals surface area contributed by atoms with E-state index in [0.29, 0.717) is 23.6 Å². The molecule has 31 heavy (non-hydrogen) atoms. The number of para-hydroxylation sites is 2. The molecule has 0 aliphatic heterocycles. The van der Waals surface area contributed by atoms with Crippen LogP contribution in [0, 0.1) is 0 Å². The van der Waals surface area contributed by atoms with Crippen LogP contribution in [0.3, 0.4) is 0 Å². The summed E-state index contributed by atoms with van der Waals surface area (Å²) in [6.07, 6.45) is 1.83. The first-order chi connectivity index (χ1) is 15.2. The van der Waals surface area contributed by atoms with E-state index < -0.39 is 0 Å². The number of nitrogens with one attached hydrogen (secondary N) is 3. The van der Waals surface area contributed by atoms with Crippen molar-refractivity contribution in [1.82, 2.24) is 5.32 Å². The second-order valence-corrected chi connectivity index (χ2v) is 6.99. The largest absolute Gasteiger partial charge is 0.491 e. The van der Waals surface area contributed by atoms with Crippen LogP contribution in [-0.2, 0) is 11.2 Å². The van der Waals surface area contributed by atoms with Gasteiger partial charge in [-0.3, -0.25) is 9.59 Å². The van der Waals surface area contributed by atoms with Gasteiger partial charge in [0.25, 0.3) is 5.91 Å². The summed E-state index contributed by atoms with van der Waals surface area (Å²) < 4.78 is 5.90. The minimum Gasteiger partial charge on any atom is -0.491 e. The molecule has 3 aromatic carbocycles. The van der Waals surface area contributed by atoms with Gasteiger partial charge in [0.05, 0.1) is 18.8 Å². The second-order valence-electron chi connectivity index (χ2n) is 6.99. The number of carbonyl (C=O) groups excluding carboxylic acids is 2. The fourth-order valence-corrected chi connectivity index (χ4v) is 3.06. The van der Waals surface area contributed by atoms with Crippen molar-refractivity contribution in [3.05, 3.63) is 90.0 Å². The van der Waals surface area contributed by atoms with Gasteiger partial charge in [0.15, 0.2) is 0 Å². The van der Waals surface area contributed by atoms with Crippen LogP contribution >= 0.6 is 0 Å². The number of rotatable bonds is 10. The Morgan fingerprint density at radius 3 is 2.32 bits per heavy atom. The van der Waals surface area contributed by atoms with E-state index in [2.05, 4.69) is 28.1 Å². The topological polar surface area (TPSA) is 79.5 Å². The van der Waals surface area contributed by atoms with Gasteiger partial charge in [-0.05, 0) is 54.8 Å². The van der Waals surface area contributed by atoms with Crippen molar-refractivity contribution in [3.63, 3.8) is 0 Å². The Bertz CT molecular complexity index is 988. The fraction of sp³-hybridized carbons (Fsp3) is 0.200. The normalized spacial score (nSPS) is 10.2. The highest BCUT2D eigenvalue weighted by Crippen LogP contribution is 2.24. The molecule has 0 saturated carbocycles. The van der Waals surface area contributed by atoms with Crippen LogP contribution in [0.4, 0.5) is 11.4 Å². The molecule has 0 heterocycles. The third kappa shape index (κ3) is 6.89. The van der Waals surface area contributed by atoms with E-state index in [1.165, 1.54) is 5.56 Å². The van der Waals surface area contributed by atoms with E-state index in [1.807, 2.05) is 42.5 Å². The van der Waals surface area contributed by atoms with Gasteiger partial charge in [0, 0.05) is 18.3 Å². The lowest BCUT2D eigenvalue weighted by atomic mass is 10.1. The molecule has 0 aliphatic rings. The maximum atomic E-state index is 12.4. The molecule has 3 N–H and O–H groups in total. The predicted octanol–water partition coefficient (Wildman–Crippen LogP) is 4.11. The molecule has 160 valence electrons. The van der Waals surface area contributed by atoms with E-state index in [-0.39, 0.29) is 18.4 Å². The van der Waals surface area contributed by atoms with Gasteiger partial charge in [0.2, 0.25) is 5.91 Å². The summed E-state index contributed by atoms with van der Waals surface area (Å²) >= 11 is 0. The van der Waals surface area contributed by atoms with Gasteiger partial charge in [0.1, 0.15) is 5.75 Å². The summed E-state index contributed by atoms with van der Waals surface area (Å²) in [4.78, 5) is 24.0. The quantitative estimate of drug-likeness (QED) is 0.434. The van der Waals surface area contributed by atoms with Crippen LogP contribution in [0.15, 0.2) is 78.9 Å². The van der Waals surface area contributed by atoms with Crippen molar-refractivity contribution >= 4 is 23.2 Å². The lowest BCUT2D eigenvalue weighted by molar-refractivity contribution is -0.114. The van der Waals surface area contributed by atoms with Gasteiger partial charge in [-0.2, -0.15) is 0 Å². The molecular formula is C25H27N3O3. The average molecular weight is 418 g/mol. The van der Waals surface area contributed by atoms with Crippen LogP contribution in [0.2, 0.25) is 0 Å². The van der Waals surface area contributed by atoms with Crippen LogP contribution in [0.1, 0.15) is 22.3 Å². The minimum absolute atomic E-state index is 0.0989. The van der Waals surface area contributed by atoms with Crippen LogP contribution in [0.25, 0.3) is 0 Å². The number of aryl methyl sites for hydroxylation is 1. The number of carbonyl (C=O) groups is 2. The zero-order chi connectivity index (χ0) is 21.9. The molecule has 0 unspecified atom stereocenters. The first-order valence-corrected chi connectivity index (χ1v) is 10.3. The van der Waals surface area contributed by atoms with Gasteiger partial charge in [-0.15, -0.1) is 0 Å². The summed E-state index contributed by atoms with van der Waals surface area (Å²) in [7, 11) is 1.59. The molecule has 6 nitrogen and oxygen atoms in total. The molecule has 0 spiro atoms. The van der Waals surface area contributed by atoms with Crippen molar-refractivity contribution in [2.75, 3.05) is 30.8 Å². The second kappa shape index (κ2) is 11.4. The Kier molecular flexibility index (Phi) is 8.05. The van der Waals surface area contributed by atoms with E-state index >= 15 is 0 Å². The van der Waals surface area contributed by atoms with Crippen molar-refractivity contribution in [2.45, 2.75) is 12.8 Å². The Balaban J connectivity index is 1.47. The molecule has 6 heteroatoms. The van der Waals surface area contributed by atoms with Crippen LogP contribution in [-0.4, -0.2) is 32.0 Å². The maximum Gasteiger partial charge on any atom is 0.251 e. The number of anilines is 2. The standard InChI is InChI=1S/C25H27N3O3/c1-26-25(30)20-13-15-21(16-14-20)27-18-24(29)28-22-11-5-6-12-23(22)31-17-7-10-19-8-3-2-4-9-19/h2-6,8-9,11-16,27H,7,10,17-18H2,1H3,(H,26,30)(H,28,29). The van der Waals surface area contributed by atoms with Crippen LogP contribution in [0.5, 0.6) is 5.75 Å². The first kappa shape index (κ1) is 21.9. The van der Waals surface area contributed by atoms with Crippen molar-refractivity contribution in [3.8, 4) is 5.75 Å². The third-order valence-electron chi connectivity index (χ3n) is 4.70. The van der Waals surface area contributed by atoms with Crippen molar-refractivity contribution < 1.29 is 14.3 Å². The zero-order valence-electron chi connectivity index (χ0n) is 17.6. The SMILES string of the molecule is CNC(=O)c1ccc(NCC(=O)Nc2ccccc2OCCCc2ccccc2)cc1.